The van der Waals surface area contributed by atoms with Crippen molar-refractivity contribution in [1.29, 1.82) is 5.26 Å². The van der Waals surface area contributed by atoms with E-state index < -0.39 is 6.10 Å². The van der Waals surface area contributed by atoms with Crippen LogP contribution >= 0.6 is 0 Å². The molecule has 5 nitrogen and oxygen atoms in total. The lowest BCUT2D eigenvalue weighted by Gasteiger charge is -2.34. The number of hydrogen-bond donors (Lipinski definition) is 1. The third kappa shape index (κ3) is 3.87. The average Bonchev–Trinajstić information content (AvgIpc) is 2.67. The number of benzene rings is 2. The van der Waals surface area contributed by atoms with Gasteiger partial charge in [-0.2, -0.15) is 5.26 Å². The fourth-order valence-corrected chi connectivity index (χ4v) is 3.02. The second-order valence-electron chi connectivity index (χ2n) is 6.20. The van der Waals surface area contributed by atoms with Crippen LogP contribution in [0, 0.1) is 18.3 Å². The Morgan fingerprint density at radius 2 is 2.12 bits per heavy atom. The topological polar surface area (TPSA) is 73.6 Å². The predicted octanol–water partition coefficient (Wildman–Crippen LogP) is 2.50. The monoisotopic (exact) mass is 336 g/mol. The molecular weight excluding hydrogens is 316 g/mol. The van der Waals surface area contributed by atoms with E-state index in [4.69, 9.17) is 10.00 Å². The molecule has 128 valence electrons. The van der Waals surface area contributed by atoms with Crippen LogP contribution in [0.1, 0.15) is 34.5 Å². The molecule has 2 atom stereocenters. The SMILES string of the molecule is Cc1cccc(C(O)C(=O)N2CCOC(c3cccc(C#N)c3)C2)c1. The molecule has 3 rings (SSSR count). The van der Waals surface area contributed by atoms with E-state index >= 15 is 0 Å². The van der Waals surface area contributed by atoms with Gasteiger partial charge in [0.05, 0.1) is 24.8 Å². The van der Waals surface area contributed by atoms with Crippen molar-refractivity contribution in [3.05, 3.63) is 70.8 Å². The summed E-state index contributed by atoms with van der Waals surface area (Å²) < 4.78 is 5.76. The van der Waals surface area contributed by atoms with Gasteiger partial charge < -0.3 is 14.7 Å². The van der Waals surface area contributed by atoms with E-state index in [0.717, 1.165) is 11.1 Å². The molecule has 0 saturated carbocycles. The van der Waals surface area contributed by atoms with E-state index in [1.54, 1.807) is 29.2 Å². The van der Waals surface area contributed by atoms with E-state index in [9.17, 15) is 9.90 Å². The van der Waals surface area contributed by atoms with Gasteiger partial charge in [0.15, 0.2) is 6.10 Å². The van der Waals surface area contributed by atoms with Crippen molar-refractivity contribution in [2.24, 2.45) is 0 Å². The summed E-state index contributed by atoms with van der Waals surface area (Å²) in [6, 6.07) is 16.6. The Morgan fingerprint density at radius 1 is 1.32 bits per heavy atom. The second-order valence-corrected chi connectivity index (χ2v) is 6.20. The number of ether oxygens (including phenoxy) is 1. The van der Waals surface area contributed by atoms with Crippen LogP contribution in [0.4, 0.5) is 0 Å². The lowest BCUT2D eigenvalue weighted by molar-refractivity contribution is -0.148. The van der Waals surface area contributed by atoms with Gasteiger partial charge in [-0.1, -0.05) is 42.0 Å². The molecule has 0 aromatic heterocycles. The Balaban J connectivity index is 1.74. The summed E-state index contributed by atoms with van der Waals surface area (Å²) in [5.74, 6) is -0.324. The minimum Gasteiger partial charge on any atom is -0.378 e. The summed E-state index contributed by atoms with van der Waals surface area (Å²) >= 11 is 0. The fourth-order valence-electron chi connectivity index (χ4n) is 3.02. The van der Waals surface area contributed by atoms with Crippen LogP contribution in [0.2, 0.25) is 0 Å². The highest BCUT2D eigenvalue weighted by molar-refractivity contribution is 5.82. The van der Waals surface area contributed by atoms with Crippen molar-refractivity contribution in [3.8, 4) is 6.07 Å². The molecule has 2 aromatic carbocycles. The molecule has 2 aromatic rings. The van der Waals surface area contributed by atoms with Crippen molar-refractivity contribution >= 4 is 5.91 Å². The molecule has 0 aliphatic carbocycles. The number of nitrogens with zero attached hydrogens (tertiary/aromatic N) is 2. The number of hydrogen-bond acceptors (Lipinski definition) is 4. The Morgan fingerprint density at radius 3 is 2.88 bits per heavy atom. The van der Waals surface area contributed by atoms with Crippen LogP contribution in [-0.2, 0) is 9.53 Å². The summed E-state index contributed by atoms with van der Waals surface area (Å²) in [5, 5.41) is 19.5. The number of carbonyl (C=O) groups is 1. The van der Waals surface area contributed by atoms with Crippen LogP contribution in [0.5, 0.6) is 0 Å². The third-order valence-corrected chi connectivity index (χ3v) is 4.36. The van der Waals surface area contributed by atoms with E-state index in [1.807, 2.05) is 31.2 Å². The molecule has 1 aliphatic rings. The normalized spacial score (nSPS) is 18.4. The zero-order valence-electron chi connectivity index (χ0n) is 14.1. The van der Waals surface area contributed by atoms with Gasteiger partial charge >= 0.3 is 0 Å². The van der Waals surface area contributed by atoms with Gasteiger partial charge in [0.2, 0.25) is 0 Å². The summed E-state index contributed by atoms with van der Waals surface area (Å²) in [5.41, 5.74) is 3.02. The Hall–Kier alpha value is -2.68. The van der Waals surface area contributed by atoms with Gasteiger partial charge in [-0.25, -0.2) is 0 Å². The lowest BCUT2D eigenvalue weighted by atomic mass is 10.0. The lowest BCUT2D eigenvalue weighted by Crippen LogP contribution is -2.44. The molecule has 1 aliphatic heterocycles. The van der Waals surface area contributed by atoms with E-state index in [0.29, 0.717) is 30.8 Å². The summed E-state index contributed by atoms with van der Waals surface area (Å²) in [6.07, 6.45) is -1.47. The average molecular weight is 336 g/mol. The highest BCUT2D eigenvalue weighted by atomic mass is 16.5. The second kappa shape index (κ2) is 7.47. The summed E-state index contributed by atoms with van der Waals surface area (Å²) in [4.78, 5) is 14.3. The van der Waals surface area contributed by atoms with Crippen molar-refractivity contribution in [1.82, 2.24) is 4.90 Å². The summed E-state index contributed by atoms with van der Waals surface area (Å²) in [6.45, 7) is 3.12. The van der Waals surface area contributed by atoms with Crippen LogP contribution in [0.3, 0.4) is 0 Å². The minimum absolute atomic E-state index is 0.296. The maximum absolute atomic E-state index is 12.7. The van der Waals surface area contributed by atoms with E-state index in [1.165, 1.54) is 0 Å². The fraction of sp³-hybridized carbons (Fsp3) is 0.300. The van der Waals surface area contributed by atoms with Gasteiger partial charge in [-0.3, -0.25) is 4.79 Å². The van der Waals surface area contributed by atoms with Crippen LogP contribution < -0.4 is 0 Å². The highest BCUT2D eigenvalue weighted by Crippen LogP contribution is 2.25. The molecule has 5 heteroatoms. The quantitative estimate of drug-likeness (QED) is 0.934. The summed E-state index contributed by atoms with van der Waals surface area (Å²) in [7, 11) is 0. The number of amides is 1. The molecule has 1 heterocycles. The first-order valence-corrected chi connectivity index (χ1v) is 8.23. The van der Waals surface area contributed by atoms with Crippen LogP contribution in [-0.4, -0.2) is 35.6 Å². The maximum Gasteiger partial charge on any atom is 0.256 e. The highest BCUT2D eigenvalue weighted by Gasteiger charge is 2.30. The minimum atomic E-state index is -1.18. The molecule has 1 N–H and O–H groups in total. The number of carbonyl (C=O) groups excluding carboxylic acids is 1. The molecule has 0 spiro atoms. The van der Waals surface area contributed by atoms with Gasteiger partial charge in [0.1, 0.15) is 6.10 Å². The largest absolute Gasteiger partial charge is 0.378 e. The van der Waals surface area contributed by atoms with Crippen LogP contribution in [0.15, 0.2) is 48.5 Å². The zero-order valence-corrected chi connectivity index (χ0v) is 14.1. The Kier molecular flexibility index (Phi) is 5.13. The van der Waals surface area contributed by atoms with Crippen molar-refractivity contribution < 1.29 is 14.6 Å². The molecule has 0 bridgehead atoms. The first-order chi connectivity index (χ1) is 12.1. The van der Waals surface area contributed by atoms with Gasteiger partial charge in [0, 0.05) is 6.54 Å². The Bertz CT molecular complexity index is 813. The predicted molar refractivity (Wildman–Crippen MR) is 92.6 cm³/mol. The van der Waals surface area contributed by atoms with E-state index in [-0.39, 0.29) is 12.0 Å². The number of nitriles is 1. The van der Waals surface area contributed by atoms with Gasteiger partial charge in [-0.05, 0) is 30.2 Å². The first-order valence-electron chi connectivity index (χ1n) is 8.23. The van der Waals surface area contributed by atoms with Gasteiger partial charge in [0.25, 0.3) is 5.91 Å². The van der Waals surface area contributed by atoms with Gasteiger partial charge in [-0.15, -0.1) is 0 Å². The van der Waals surface area contributed by atoms with Crippen molar-refractivity contribution in [3.63, 3.8) is 0 Å². The first kappa shape index (κ1) is 17.2. The molecular formula is C20H20N2O3. The Labute approximate surface area is 147 Å². The number of aliphatic hydroxyl groups excluding tert-OH is 1. The third-order valence-electron chi connectivity index (χ3n) is 4.36. The van der Waals surface area contributed by atoms with Crippen LogP contribution in [0.25, 0.3) is 0 Å². The zero-order chi connectivity index (χ0) is 17.8. The molecule has 1 fully saturated rings. The maximum atomic E-state index is 12.7. The molecule has 0 radical (unpaired) electrons. The number of morpholine rings is 1. The molecule has 1 saturated heterocycles. The molecule has 25 heavy (non-hydrogen) atoms. The number of aryl methyl sites for hydroxylation is 1. The molecule has 2 unspecified atom stereocenters. The molecule has 1 amide bonds. The van der Waals surface area contributed by atoms with Crippen molar-refractivity contribution in [2.45, 2.75) is 19.1 Å². The number of aliphatic hydroxyl groups is 1. The standard InChI is InChI=1S/C20H20N2O3/c1-14-4-2-7-17(10-14)19(23)20(24)22-8-9-25-18(13-22)16-6-3-5-15(11-16)12-21/h2-7,10-11,18-19,23H,8-9,13H2,1H3. The smallest absolute Gasteiger partial charge is 0.256 e. The van der Waals surface area contributed by atoms with E-state index in [2.05, 4.69) is 6.07 Å². The van der Waals surface area contributed by atoms with Crippen molar-refractivity contribution in [2.75, 3.05) is 19.7 Å². The number of rotatable bonds is 3.